The Labute approximate surface area is 109 Å². The summed E-state index contributed by atoms with van der Waals surface area (Å²) in [5.74, 6) is -1.03. The molecule has 1 amide bonds. The van der Waals surface area contributed by atoms with Crippen LogP contribution in [0.3, 0.4) is 0 Å². The standard InChI is InChI=1S/C12H14N2O5/c1-8(11(15)13(2)3)19-12(16)9-4-6-10(7-5-9)14(17)18/h4-8H,1-3H3/t8-/m1/s1. The van der Waals surface area contributed by atoms with Crippen molar-refractivity contribution >= 4 is 17.6 Å². The number of carbonyl (C=O) groups excluding carboxylic acids is 2. The normalized spacial score (nSPS) is 11.5. The number of nitro benzene ring substituents is 1. The van der Waals surface area contributed by atoms with E-state index in [0.29, 0.717) is 0 Å². The van der Waals surface area contributed by atoms with Crippen LogP contribution >= 0.6 is 0 Å². The molecule has 0 N–H and O–H groups in total. The van der Waals surface area contributed by atoms with E-state index in [-0.39, 0.29) is 17.2 Å². The van der Waals surface area contributed by atoms with Gasteiger partial charge >= 0.3 is 5.97 Å². The van der Waals surface area contributed by atoms with E-state index in [1.807, 2.05) is 0 Å². The number of esters is 1. The van der Waals surface area contributed by atoms with Crippen LogP contribution in [-0.4, -0.2) is 41.9 Å². The third-order valence-corrected chi connectivity index (χ3v) is 2.39. The molecule has 102 valence electrons. The maximum atomic E-state index is 11.7. The van der Waals surface area contributed by atoms with E-state index in [4.69, 9.17) is 4.74 Å². The van der Waals surface area contributed by atoms with E-state index in [1.54, 1.807) is 14.1 Å². The summed E-state index contributed by atoms with van der Waals surface area (Å²) >= 11 is 0. The van der Waals surface area contributed by atoms with Crippen LogP contribution in [0.5, 0.6) is 0 Å². The Kier molecular flexibility index (Phi) is 4.57. The minimum absolute atomic E-state index is 0.117. The molecule has 0 radical (unpaired) electrons. The smallest absolute Gasteiger partial charge is 0.338 e. The summed E-state index contributed by atoms with van der Waals surface area (Å²) in [6.45, 7) is 1.46. The van der Waals surface area contributed by atoms with E-state index in [2.05, 4.69) is 0 Å². The number of hydrogen-bond donors (Lipinski definition) is 0. The lowest BCUT2D eigenvalue weighted by atomic mass is 10.2. The molecule has 0 aliphatic carbocycles. The molecule has 1 atom stereocenters. The van der Waals surface area contributed by atoms with Gasteiger partial charge in [-0.05, 0) is 19.1 Å². The monoisotopic (exact) mass is 266 g/mol. The summed E-state index contributed by atoms with van der Waals surface area (Å²) in [6.07, 6.45) is -0.905. The molecule has 0 bridgehead atoms. The van der Waals surface area contributed by atoms with Gasteiger partial charge in [0, 0.05) is 26.2 Å². The number of hydrogen-bond acceptors (Lipinski definition) is 5. The van der Waals surface area contributed by atoms with Gasteiger partial charge in [0.1, 0.15) is 0 Å². The van der Waals surface area contributed by atoms with Crippen LogP contribution in [0.2, 0.25) is 0 Å². The molecular formula is C12H14N2O5. The van der Waals surface area contributed by atoms with Crippen LogP contribution in [0.1, 0.15) is 17.3 Å². The summed E-state index contributed by atoms with van der Waals surface area (Å²) in [6, 6.07) is 4.98. The second-order valence-electron chi connectivity index (χ2n) is 4.08. The van der Waals surface area contributed by atoms with Gasteiger partial charge in [-0.3, -0.25) is 14.9 Å². The minimum atomic E-state index is -0.905. The molecule has 0 fully saturated rings. The highest BCUT2D eigenvalue weighted by molar-refractivity contribution is 5.92. The van der Waals surface area contributed by atoms with Crippen molar-refractivity contribution in [2.45, 2.75) is 13.0 Å². The molecule has 1 aromatic rings. The molecule has 19 heavy (non-hydrogen) atoms. The summed E-state index contributed by atoms with van der Waals surface area (Å²) in [4.78, 5) is 34.4. The number of rotatable bonds is 4. The maximum absolute atomic E-state index is 11.7. The average Bonchev–Trinajstić information content (AvgIpc) is 2.37. The second-order valence-corrected chi connectivity index (χ2v) is 4.08. The van der Waals surface area contributed by atoms with Crippen LogP contribution < -0.4 is 0 Å². The fraction of sp³-hybridized carbons (Fsp3) is 0.333. The van der Waals surface area contributed by atoms with Crippen LogP contribution in [0.25, 0.3) is 0 Å². The van der Waals surface area contributed by atoms with E-state index in [1.165, 1.54) is 36.1 Å². The fourth-order valence-electron chi connectivity index (χ4n) is 1.36. The van der Waals surface area contributed by atoms with Gasteiger partial charge in [0.05, 0.1) is 10.5 Å². The van der Waals surface area contributed by atoms with Crippen molar-refractivity contribution in [3.63, 3.8) is 0 Å². The Morgan fingerprint density at radius 2 is 1.79 bits per heavy atom. The number of nitrogens with zero attached hydrogens (tertiary/aromatic N) is 2. The molecule has 0 saturated heterocycles. The number of ether oxygens (including phenoxy) is 1. The average molecular weight is 266 g/mol. The first-order chi connectivity index (χ1) is 8.82. The van der Waals surface area contributed by atoms with Crippen molar-refractivity contribution in [3.8, 4) is 0 Å². The zero-order valence-electron chi connectivity index (χ0n) is 10.8. The Morgan fingerprint density at radius 3 is 2.21 bits per heavy atom. The van der Waals surface area contributed by atoms with Gasteiger partial charge in [0.25, 0.3) is 11.6 Å². The Morgan fingerprint density at radius 1 is 1.26 bits per heavy atom. The molecule has 0 aromatic heterocycles. The summed E-state index contributed by atoms with van der Waals surface area (Å²) in [5, 5.41) is 10.5. The van der Waals surface area contributed by atoms with Crippen molar-refractivity contribution in [2.75, 3.05) is 14.1 Å². The van der Waals surface area contributed by atoms with E-state index in [9.17, 15) is 19.7 Å². The van der Waals surface area contributed by atoms with Gasteiger partial charge in [-0.25, -0.2) is 4.79 Å². The van der Waals surface area contributed by atoms with Gasteiger partial charge in [-0.2, -0.15) is 0 Å². The maximum Gasteiger partial charge on any atom is 0.338 e. The second kappa shape index (κ2) is 5.94. The first-order valence-electron chi connectivity index (χ1n) is 5.49. The number of non-ortho nitro benzene ring substituents is 1. The van der Waals surface area contributed by atoms with Crippen molar-refractivity contribution in [1.29, 1.82) is 0 Å². The zero-order chi connectivity index (χ0) is 14.6. The molecule has 0 heterocycles. The highest BCUT2D eigenvalue weighted by atomic mass is 16.6. The van der Waals surface area contributed by atoms with Crippen molar-refractivity contribution in [1.82, 2.24) is 4.90 Å². The number of amides is 1. The lowest BCUT2D eigenvalue weighted by Gasteiger charge is -2.17. The van der Waals surface area contributed by atoms with Gasteiger partial charge in [0.2, 0.25) is 0 Å². The van der Waals surface area contributed by atoms with Crippen molar-refractivity contribution in [2.24, 2.45) is 0 Å². The van der Waals surface area contributed by atoms with E-state index in [0.717, 1.165) is 0 Å². The SMILES string of the molecule is C[C@@H](OC(=O)c1ccc([N+](=O)[O-])cc1)C(=O)N(C)C. The largest absolute Gasteiger partial charge is 0.449 e. The number of carbonyl (C=O) groups is 2. The predicted molar refractivity (Wildman–Crippen MR) is 66.7 cm³/mol. The summed E-state index contributed by atoms with van der Waals surface area (Å²) < 4.78 is 4.96. The Hall–Kier alpha value is -2.44. The van der Waals surface area contributed by atoms with Gasteiger partial charge in [0.15, 0.2) is 6.10 Å². The first-order valence-corrected chi connectivity index (χ1v) is 5.49. The molecular weight excluding hydrogens is 252 g/mol. The van der Waals surface area contributed by atoms with Crippen molar-refractivity contribution in [3.05, 3.63) is 39.9 Å². The van der Waals surface area contributed by atoms with Gasteiger partial charge in [-0.15, -0.1) is 0 Å². The zero-order valence-corrected chi connectivity index (χ0v) is 10.8. The molecule has 7 nitrogen and oxygen atoms in total. The predicted octanol–water partition coefficient (Wildman–Crippen LogP) is 1.23. The van der Waals surface area contributed by atoms with Crippen molar-refractivity contribution < 1.29 is 19.2 Å². The topological polar surface area (TPSA) is 89.7 Å². The molecule has 1 rings (SSSR count). The molecule has 0 unspecified atom stereocenters. The fourth-order valence-corrected chi connectivity index (χ4v) is 1.36. The molecule has 0 saturated carbocycles. The lowest BCUT2D eigenvalue weighted by molar-refractivity contribution is -0.384. The molecule has 1 aromatic carbocycles. The lowest BCUT2D eigenvalue weighted by Crippen LogP contribution is -2.34. The Balaban J connectivity index is 2.73. The van der Waals surface area contributed by atoms with Crippen LogP contribution in [-0.2, 0) is 9.53 Å². The van der Waals surface area contributed by atoms with Crippen LogP contribution in [0.4, 0.5) is 5.69 Å². The number of benzene rings is 1. The quantitative estimate of drug-likeness (QED) is 0.464. The van der Waals surface area contributed by atoms with Gasteiger partial charge in [-0.1, -0.05) is 0 Å². The summed E-state index contributed by atoms with van der Waals surface area (Å²) in [5.41, 5.74) is 0.0398. The molecule has 0 spiro atoms. The van der Waals surface area contributed by atoms with Crippen LogP contribution in [0.15, 0.2) is 24.3 Å². The third kappa shape index (κ3) is 3.77. The highest BCUT2D eigenvalue weighted by Gasteiger charge is 2.20. The molecule has 0 aliphatic rings. The third-order valence-electron chi connectivity index (χ3n) is 2.39. The number of nitro groups is 1. The highest BCUT2D eigenvalue weighted by Crippen LogP contribution is 2.13. The Bertz CT molecular complexity index is 495. The minimum Gasteiger partial charge on any atom is -0.449 e. The van der Waals surface area contributed by atoms with Crippen LogP contribution in [0, 0.1) is 10.1 Å². The van der Waals surface area contributed by atoms with E-state index < -0.39 is 17.0 Å². The van der Waals surface area contributed by atoms with E-state index >= 15 is 0 Å². The number of likely N-dealkylation sites (N-methyl/N-ethyl adjacent to an activating group) is 1. The first kappa shape index (κ1) is 14.6. The molecule has 0 aliphatic heterocycles. The van der Waals surface area contributed by atoms with Gasteiger partial charge < -0.3 is 9.64 Å². The molecule has 7 heteroatoms. The summed E-state index contributed by atoms with van der Waals surface area (Å²) in [7, 11) is 3.11.